The van der Waals surface area contributed by atoms with Crippen LogP contribution < -0.4 is 21.9 Å². The van der Waals surface area contributed by atoms with Crippen molar-refractivity contribution in [3.63, 3.8) is 0 Å². The van der Waals surface area contributed by atoms with E-state index in [-0.39, 0.29) is 18.4 Å². The molecule has 1 aromatic carbocycles. The molecule has 0 aliphatic heterocycles. The largest absolute Gasteiger partial charge is 1.00 e. The highest BCUT2D eigenvalue weighted by atomic mass is 35.5. The number of nitriles is 1. The van der Waals surface area contributed by atoms with Crippen LogP contribution in [0, 0.1) is 11.3 Å². The topological polar surface area (TPSA) is 48.0 Å². The lowest BCUT2D eigenvalue weighted by atomic mass is 10.3. The van der Waals surface area contributed by atoms with Crippen molar-refractivity contribution >= 4 is 23.3 Å². The van der Waals surface area contributed by atoms with Crippen LogP contribution in [0.2, 0.25) is 5.02 Å². The molecule has 102 valence electrons. The summed E-state index contributed by atoms with van der Waals surface area (Å²) in [6.45, 7) is 0. The highest BCUT2D eigenvalue weighted by Crippen LogP contribution is 2.16. The maximum absolute atomic E-state index is 12.2. The van der Waals surface area contributed by atoms with Gasteiger partial charge in [-0.1, -0.05) is 11.6 Å². The minimum Gasteiger partial charge on any atom is -1.00 e. The second-order valence-electron chi connectivity index (χ2n) is 3.93. The molecular formula is C14H11Cl2N3O. The van der Waals surface area contributed by atoms with E-state index in [0.29, 0.717) is 10.6 Å². The molecule has 0 aliphatic carbocycles. The highest BCUT2D eigenvalue weighted by Gasteiger charge is 2.22. The molecule has 0 atom stereocenters. The van der Waals surface area contributed by atoms with E-state index >= 15 is 0 Å². The Kier molecular flexibility index (Phi) is 5.51. The first-order chi connectivity index (χ1) is 9.11. The lowest BCUT2D eigenvalue weighted by Gasteiger charge is -2.09. The summed E-state index contributed by atoms with van der Waals surface area (Å²) >= 11 is 5.81. The Morgan fingerprint density at radius 1 is 1.30 bits per heavy atom. The van der Waals surface area contributed by atoms with Crippen LogP contribution in [0.1, 0.15) is 5.56 Å². The first-order valence-corrected chi connectivity index (χ1v) is 5.94. The zero-order valence-corrected chi connectivity index (χ0v) is 12.1. The van der Waals surface area contributed by atoms with Gasteiger partial charge >= 0.3 is 6.03 Å². The first kappa shape index (κ1) is 16.0. The average molecular weight is 308 g/mol. The van der Waals surface area contributed by atoms with Crippen LogP contribution in [0.5, 0.6) is 0 Å². The fraction of sp³-hybridized carbons (Fsp3) is 0.0714. The van der Waals surface area contributed by atoms with Crippen LogP contribution >= 0.6 is 11.6 Å². The number of carbonyl (C=O) groups is 1. The Bertz CT molecular complexity index is 650. The van der Waals surface area contributed by atoms with Crippen molar-refractivity contribution in [2.45, 2.75) is 0 Å². The van der Waals surface area contributed by atoms with E-state index in [1.807, 2.05) is 6.07 Å². The van der Waals surface area contributed by atoms with Crippen LogP contribution in [-0.4, -0.2) is 13.1 Å². The van der Waals surface area contributed by atoms with Crippen molar-refractivity contribution in [1.29, 1.82) is 5.26 Å². The van der Waals surface area contributed by atoms with Crippen molar-refractivity contribution in [2.24, 2.45) is 0 Å². The predicted octanol–water partition coefficient (Wildman–Crippen LogP) is -0.392. The van der Waals surface area contributed by atoms with Crippen LogP contribution in [0.3, 0.4) is 0 Å². The summed E-state index contributed by atoms with van der Waals surface area (Å²) in [4.78, 5) is 13.7. The number of pyridine rings is 1. The summed E-state index contributed by atoms with van der Waals surface area (Å²) in [6, 6.07) is 12.0. The number of hydrogen-bond acceptors (Lipinski definition) is 2. The van der Waals surface area contributed by atoms with Gasteiger partial charge in [0.25, 0.3) is 0 Å². The van der Waals surface area contributed by atoms with Crippen LogP contribution in [0.15, 0.2) is 48.8 Å². The molecule has 0 bridgehead atoms. The third kappa shape index (κ3) is 3.47. The third-order valence-corrected chi connectivity index (χ3v) is 2.90. The summed E-state index contributed by atoms with van der Waals surface area (Å²) in [7, 11) is 1.66. The van der Waals surface area contributed by atoms with Crippen LogP contribution in [0.4, 0.5) is 10.5 Å². The fourth-order valence-corrected chi connectivity index (χ4v) is 1.73. The fourth-order valence-electron chi connectivity index (χ4n) is 1.61. The zero-order chi connectivity index (χ0) is 13.8. The Labute approximate surface area is 128 Å². The standard InChI is InChI=1S/C14H11ClN3O.ClH/c1-17(13-6-4-12(15)5-7-13)14(19)18-8-2-3-11(9-16)10-18;/h2-8,10H,1H3;1H/q+1;/p-1. The molecular weight excluding hydrogens is 297 g/mol. The van der Waals surface area contributed by atoms with Gasteiger partial charge in [0.2, 0.25) is 0 Å². The number of amides is 1. The van der Waals surface area contributed by atoms with Crippen molar-refractivity contribution in [2.75, 3.05) is 11.9 Å². The zero-order valence-electron chi connectivity index (χ0n) is 10.6. The monoisotopic (exact) mass is 307 g/mol. The predicted molar refractivity (Wildman–Crippen MR) is 72.0 cm³/mol. The Hall–Kier alpha value is -2.09. The second-order valence-corrected chi connectivity index (χ2v) is 4.37. The molecule has 0 saturated carbocycles. The quantitative estimate of drug-likeness (QED) is 0.674. The normalized spacial score (nSPS) is 9.25. The van der Waals surface area contributed by atoms with Gasteiger partial charge in [-0.25, -0.2) is 0 Å². The number of rotatable bonds is 1. The van der Waals surface area contributed by atoms with Crippen molar-refractivity contribution in [3.8, 4) is 6.07 Å². The number of nitrogens with zero attached hydrogens (tertiary/aromatic N) is 3. The molecule has 2 aromatic rings. The lowest BCUT2D eigenvalue weighted by Crippen LogP contribution is -3.00. The van der Waals surface area contributed by atoms with Gasteiger partial charge in [-0.15, -0.1) is 0 Å². The van der Waals surface area contributed by atoms with Crippen molar-refractivity contribution < 1.29 is 21.8 Å². The molecule has 0 fully saturated rings. The molecule has 1 heterocycles. The van der Waals surface area contributed by atoms with Crippen molar-refractivity contribution in [3.05, 3.63) is 59.4 Å². The first-order valence-electron chi connectivity index (χ1n) is 5.57. The van der Waals surface area contributed by atoms with E-state index in [2.05, 4.69) is 0 Å². The van der Waals surface area contributed by atoms with E-state index in [4.69, 9.17) is 16.9 Å². The van der Waals surface area contributed by atoms with Crippen LogP contribution in [-0.2, 0) is 0 Å². The van der Waals surface area contributed by atoms with Gasteiger partial charge in [0, 0.05) is 5.02 Å². The van der Waals surface area contributed by atoms with Gasteiger partial charge in [-0.05, 0) is 36.4 Å². The Morgan fingerprint density at radius 2 is 1.95 bits per heavy atom. The highest BCUT2D eigenvalue weighted by molar-refractivity contribution is 6.30. The van der Waals surface area contributed by atoms with Gasteiger partial charge in [0.05, 0.1) is 18.8 Å². The van der Waals surface area contributed by atoms with E-state index in [9.17, 15) is 4.79 Å². The summed E-state index contributed by atoms with van der Waals surface area (Å²) in [5.41, 5.74) is 1.16. The lowest BCUT2D eigenvalue weighted by molar-refractivity contribution is -0.569. The number of halogens is 2. The molecule has 0 unspecified atom stereocenters. The molecule has 2 rings (SSSR count). The van der Waals surface area contributed by atoms with Crippen LogP contribution in [0.25, 0.3) is 0 Å². The number of benzene rings is 1. The summed E-state index contributed by atoms with van der Waals surface area (Å²) in [5, 5.41) is 9.44. The third-order valence-electron chi connectivity index (χ3n) is 2.65. The molecule has 4 nitrogen and oxygen atoms in total. The van der Waals surface area contributed by atoms with Gasteiger partial charge in [0.1, 0.15) is 18.0 Å². The van der Waals surface area contributed by atoms with E-state index in [0.717, 1.165) is 5.69 Å². The summed E-state index contributed by atoms with van der Waals surface area (Å²) in [5.74, 6) is 0. The molecule has 20 heavy (non-hydrogen) atoms. The van der Waals surface area contributed by atoms with E-state index < -0.39 is 0 Å². The number of hydrogen-bond donors (Lipinski definition) is 0. The van der Waals surface area contributed by atoms with E-state index in [1.54, 1.807) is 49.6 Å². The smallest absolute Gasteiger partial charge is 0.502 e. The molecule has 6 heteroatoms. The molecule has 0 saturated heterocycles. The minimum absolute atomic E-state index is 0. The number of anilines is 1. The molecule has 1 aromatic heterocycles. The van der Waals surface area contributed by atoms with Gasteiger partial charge in [-0.2, -0.15) is 19.5 Å². The van der Waals surface area contributed by atoms with Gasteiger partial charge < -0.3 is 12.4 Å². The summed E-state index contributed by atoms with van der Waals surface area (Å²) in [6.07, 6.45) is 3.10. The second kappa shape index (κ2) is 6.90. The average Bonchev–Trinajstić information content (AvgIpc) is 2.46. The maximum Gasteiger partial charge on any atom is 0.502 e. The Morgan fingerprint density at radius 3 is 2.55 bits per heavy atom. The number of carbonyl (C=O) groups excluding carboxylic acids is 1. The van der Waals surface area contributed by atoms with Gasteiger partial charge in [-0.3, -0.25) is 0 Å². The molecule has 0 aliphatic rings. The molecule has 0 radical (unpaired) electrons. The molecule has 1 amide bonds. The maximum atomic E-state index is 12.2. The number of aromatic nitrogens is 1. The Balaban J connectivity index is 0.00000200. The molecule has 0 N–H and O–H groups in total. The van der Waals surface area contributed by atoms with E-state index in [1.165, 1.54) is 15.7 Å². The SMILES string of the molecule is CN(C(=O)[n+]1cccc(C#N)c1)c1ccc(Cl)cc1.[Cl-]. The van der Waals surface area contributed by atoms with Crippen molar-refractivity contribution in [1.82, 2.24) is 0 Å². The minimum atomic E-state index is -0.251. The molecule has 0 spiro atoms. The summed E-state index contributed by atoms with van der Waals surface area (Å²) < 4.78 is 1.37. The van der Waals surface area contributed by atoms with Gasteiger partial charge in [0.15, 0.2) is 0 Å².